The van der Waals surface area contributed by atoms with Crippen LogP contribution in [0.15, 0.2) is 0 Å². The van der Waals surface area contributed by atoms with Crippen LogP contribution in [0.3, 0.4) is 0 Å². The van der Waals surface area contributed by atoms with E-state index < -0.39 is 99.8 Å². The molecule has 0 amide bonds. The van der Waals surface area contributed by atoms with Crippen LogP contribution in [0, 0.1) is 0 Å². The lowest BCUT2D eigenvalue weighted by Crippen LogP contribution is -2.64. The Kier molecular flexibility index (Phi) is 12.5. The first-order valence-electron chi connectivity index (χ1n) is 13.0. The van der Waals surface area contributed by atoms with E-state index in [1.54, 1.807) is 0 Å². The average molecular weight is 605 g/mol. The van der Waals surface area contributed by atoms with Gasteiger partial charge in [-0.25, -0.2) is 0 Å². The zero-order chi connectivity index (χ0) is 29.1. The summed E-state index contributed by atoms with van der Waals surface area (Å²) in [5, 5.41) is 70.6. The van der Waals surface area contributed by atoms with Crippen LogP contribution in [0.4, 0.5) is 0 Å². The van der Waals surface area contributed by atoms with Crippen LogP contribution in [-0.4, -0.2) is 142 Å². The summed E-state index contributed by atoms with van der Waals surface area (Å²) >= 11 is 0. The summed E-state index contributed by atoms with van der Waals surface area (Å²) in [6.07, 6.45) is -14.1. The van der Waals surface area contributed by atoms with Crippen LogP contribution in [0.5, 0.6) is 0 Å². The SMILES string of the molecule is C[Si](C)(C)O[Si](C)(C)O[Si](C)(C)CCCO[C@@H]1O[C@H](CO)[C@@H](O[C@H]2O[C@H](CO)[C@@H](O)[C@H](O)[C@H]2O)[C@H](O)[C@H]1O. The molecule has 2 aliphatic rings. The van der Waals surface area contributed by atoms with Crippen LogP contribution in [-0.2, 0) is 27.2 Å². The summed E-state index contributed by atoms with van der Waals surface area (Å²) in [4.78, 5) is 0. The number of hydrogen-bond acceptors (Lipinski definition) is 13. The van der Waals surface area contributed by atoms with Crippen molar-refractivity contribution in [2.75, 3.05) is 19.8 Å². The molecule has 0 aromatic carbocycles. The Morgan fingerprint density at radius 3 is 1.76 bits per heavy atom. The Labute approximate surface area is 227 Å². The van der Waals surface area contributed by atoms with Crippen molar-refractivity contribution < 1.29 is 62.9 Å². The minimum Gasteiger partial charge on any atom is -0.437 e. The normalized spacial score (nSPS) is 37.4. The molecule has 2 heterocycles. The highest BCUT2D eigenvalue weighted by Gasteiger charge is 2.50. The van der Waals surface area contributed by atoms with Gasteiger partial charge in [0.25, 0.3) is 0 Å². The zero-order valence-electron chi connectivity index (χ0n) is 23.4. The van der Waals surface area contributed by atoms with E-state index in [0.717, 1.165) is 6.04 Å². The number of rotatable bonds is 13. The highest BCUT2D eigenvalue weighted by atomic mass is 28.5. The molecule has 0 aliphatic carbocycles. The smallest absolute Gasteiger partial charge is 0.311 e. The molecule has 0 unspecified atom stereocenters. The van der Waals surface area contributed by atoms with Gasteiger partial charge in [-0.05, 0) is 58.3 Å². The van der Waals surface area contributed by atoms with Gasteiger partial charge in [0, 0.05) is 6.61 Å². The van der Waals surface area contributed by atoms with E-state index in [9.17, 15) is 35.7 Å². The Morgan fingerprint density at radius 1 is 0.658 bits per heavy atom. The Hall–Kier alpha value is 0.131. The molecule has 7 N–H and O–H groups in total. The largest absolute Gasteiger partial charge is 0.437 e. The maximum absolute atomic E-state index is 10.7. The standard InChI is InChI=1S/C22H48O13Si3/c1-36(2,3)34-38(6,7)35-37(4,5)10-8-9-30-21-19(29)17(27)20(14(12-24)32-21)33-22-18(28)16(26)15(25)13(11-23)31-22/h13-29H,8-12H2,1-7H3/t13-,14-,15-,16+,17-,18-,19-,20-,21-,22-/m1/s1. The van der Waals surface area contributed by atoms with Gasteiger partial charge < -0.3 is 62.9 Å². The fourth-order valence-electron chi connectivity index (χ4n) is 4.87. The lowest BCUT2D eigenvalue weighted by molar-refractivity contribution is -0.359. The van der Waals surface area contributed by atoms with Gasteiger partial charge in [-0.2, -0.15) is 0 Å². The van der Waals surface area contributed by atoms with Crippen LogP contribution < -0.4 is 0 Å². The molecular formula is C22H48O13Si3. The highest BCUT2D eigenvalue weighted by Crippen LogP contribution is 2.30. The summed E-state index contributed by atoms with van der Waals surface area (Å²) in [5.41, 5.74) is 0. The van der Waals surface area contributed by atoms with E-state index in [4.69, 9.17) is 27.2 Å². The third-order valence-electron chi connectivity index (χ3n) is 6.24. The molecule has 0 saturated carbocycles. The molecule has 0 bridgehead atoms. The predicted molar refractivity (Wildman–Crippen MR) is 142 cm³/mol. The van der Waals surface area contributed by atoms with Gasteiger partial charge in [0.1, 0.15) is 48.8 Å². The van der Waals surface area contributed by atoms with E-state index in [-0.39, 0.29) is 6.61 Å². The average Bonchev–Trinajstić information content (AvgIpc) is 2.78. The van der Waals surface area contributed by atoms with E-state index >= 15 is 0 Å². The Balaban J connectivity index is 1.91. The van der Waals surface area contributed by atoms with Crippen molar-refractivity contribution in [3.63, 3.8) is 0 Å². The van der Waals surface area contributed by atoms with Crippen LogP contribution in [0.2, 0.25) is 51.9 Å². The molecule has 13 nitrogen and oxygen atoms in total. The molecule has 0 aromatic rings. The Morgan fingerprint density at radius 2 is 1.21 bits per heavy atom. The first-order valence-corrected chi connectivity index (χ1v) is 22.4. The number of ether oxygens (including phenoxy) is 4. The van der Waals surface area contributed by atoms with Crippen molar-refractivity contribution in [1.29, 1.82) is 0 Å². The second-order valence-electron chi connectivity index (χ2n) is 12.0. The van der Waals surface area contributed by atoms with Crippen molar-refractivity contribution >= 4 is 25.2 Å². The second-order valence-corrected chi connectivity index (χ2v) is 24.6. The van der Waals surface area contributed by atoms with Gasteiger partial charge in [0.05, 0.1) is 13.2 Å². The summed E-state index contributed by atoms with van der Waals surface area (Å²) in [5.74, 6) is 0. The maximum atomic E-state index is 10.7. The third-order valence-corrected chi connectivity index (χ3v) is 16.4. The van der Waals surface area contributed by atoms with E-state index in [2.05, 4.69) is 45.8 Å². The van der Waals surface area contributed by atoms with E-state index in [0.29, 0.717) is 6.42 Å². The van der Waals surface area contributed by atoms with Gasteiger partial charge in [0.2, 0.25) is 0 Å². The van der Waals surface area contributed by atoms with Crippen LogP contribution in [0.25, 0.3) is 0 Å². The van der Waals surface area contributed by atoms with Gasteiger partial charge in [-0.1, -0.05) is 0 Å². The molecule has 2 fully saturated rings. The maximum Gasteiger partial charge on any atom is 0.311 e. The van der Waals surface area contributed by atoms with Crippen molar-refractivity contribution in [1.82, 2.24) is 0 Å². The lowest BCUT2D eigenvalue weighted by Gasteiger charge is -2.46. The molecule has 2 aliphatic heterocycles. The molecule has 0 radical (unpaired) electrons. The molecule has 2 saturated heterocycles. The molecule has 0 spiro atoms. The van der Waals surface area contributed by atoms with Gasteiger partial charge >= 0.3 is 8.56 Å². The zero-order valence-corrected chi connectivity index (χ0v) is 26.4. The molecular weight excluding hydrogens is 556 g/mol. The monoisotopic (exact) mass is 604 g/mol. The van der Waals surface area contributed by atoms with Crippen molar-refractivity contribution in [2.45, 2.75) is 120 Å². The van der Waals surface area contributed by atoms with Crippen molar-refractivity contribution in [2.24, 2.45) is 0 Å². The first-order chi connectivity index (χ1) is 17.4. The van der Waals surface area contributed by atoms with Crippen molar-refractivity contribution in [3.8, 4) is 0 Å². The Bertz CT molecular complexity index is 721. The topological polar surface area (TPSA) is 197 Å². The third kappa shape index (κ3) is 9.61. The van der Waals surface area contributed by atoms with Gasteiger partial charge in [0.15, 0.2) is 29.2 Å². The molecule has 10 atom stereocenters. The van der Waals surface area contributed by atoms with Gasteiger partial charge in [-0.3, -0.25) is 0 Å². The lowest BCUT2D eigenvalue weighted by atomic mass is 9.97. The molecule has 16 heteroatoms. The number of aliphatic hydroxyl groups is 7. The minimum atomic E-state index is -2.28. The molecule has 226 valence electrons. The van der Waals surface area contributed by atoms with Crippen molar-refractivity contribution in [3.05, 3.63) is 0 Å². The fraction of sp³-hybridized carbons (Fsp3) is 1.00. The second kappa shape index (κ2) is 13.9. The summed E-state index contributed by atoms with van der Waals surface area (Å²) < 4.78 is 35.0. The molecule has 2 rings (SSSR count). The van der Waals surface area contributed by atoms with Gasteiger partial charge in [-0.15, -0.1) is 0 Å². The predicted octanol–water partition coefficient (Wildman–Crippen LogP) is -1.21. The molecule has 38 heavy (non-hydrogen) atoms. The summed E-state index contributed by atoms with van der Waals surface area (Å²) in [6.45, 7) is 13.7. The quantitative estimate of drug-likeness (QED) is 0.0978. The number of hydrogen-bond donors (Lipinski definition) is 7. The summed E-state index contributed by atoms with van der Waals surface area (Å²) in [7, 11) is -6.08. The summed E-state index contributed by atoms with van der Waals surface area (Å²) in [6, 6.07) is 0.774. The minimum absolute atomic E-state index is 0.210. The fourth-order valence-corrected chi connectivity index (χ4v) is 18.0. The highest BCUT2D eigenvalue weighted by molar-refractivity contribution is 6.87. The van der Waals surface area contributed by atoms with E-state index in [1.807, 2.05) is 0 Å². The first kappa shape index (κ1) is 34.3. The van der Waals surface area contributed by atoms with E-state index in [1.165, 1.54) is 0 Å². The number of aliphatic hydroxyl groups excluding tert-OH is 7. The molecule has 0 aromatic heterocycles. The van der Waals surface area contributed by atoms with Crippen LogP contribution in [0.1, 0.15) is 6.42 Å². The van der Waals surface area contributed by atoms with Crippen LogP contribution >= 0.6 is 0 Å².